The number of aryl methyl sites for hydroxylation is 1. The van der Waals surface area contributed by atoms with Crippen LogP contribution in [0.2, 0.25) is 0 Å². The molecule has 0 bridgehead atoms. The summed E-state index contributed by atoms with van der Waals surface area (Å²) < 4.78 is 1.36. The highest BCUT2D eigenvalue weighted by Crippen LogP contribution is 2.04. The molecule has 2 aromatic rings. The Morgan fingerprint density at radius 3 is 2.83 bits per heavy atom. The summed E-state index contributed by atoms with van der Waals surface area (Å²) >= 11 is 0. The monoisotopic (exact) mass is 244 g/mol. The van der Waals surface area contributed by atoms with Crippen molar-refractivity contribution in [3.05, 3.63) is 63.8 Å². The summed E-state index contributed by atoms with van der Waals surface area (Å²) in [5.41, 5.74) is 1.71. The van der Waals surface area contributed by atoms with Gasteiger partial charge in [0.2, 0.25) is 0 Å². The highest BCUT2D eigenvalue weighted by atomic mass is 16.4. The molecule has 0 fully saturated rings. The molecule has 5 heteroatoms. The summed E-state index contributed by atoms with van der Waals surface area (Å²) in [7, 11) is 0. The standard InChI is InChI=1S/C13H12N2O3/c1-9-4-10(6-14-5-9)7-15-8-11(13(17)18)2-3-12(15)16/h2-6,8H,7H2,1H3,(H,17,18). The zero-order valence-corrected chi connectivity index (χ0v) is 9.83. The Hall–Kier alpha value is -2.43. The van der Waals surface area contributed by atoms with Crippen molar-refractivity contribution >= 4 is 5.97 Å². The molecular weight excluding hydrogens is 232 g/mol. The molecule has 0 unspecified atom stereocenters. The molecule has 0 radical (unpaired) electrons. The van der Waals surface area contributed by atoms with E-state index in [0.29, 0.717) is 6.54 Å². The van der Waals surface area contributed by atoms with Gasteiger partial charge in [0.1, 0.15) is 0 Å². The normalized spacial score (nSPS) is 10.3. The number of carbonyl (C=O) groups is 1. The number of carboxylic acids is 1. The lowest BCUT2D eigenvalue weighted by atomic mass is 10.2. The number of rotatable bonds is 3. The van der Waals surface area contributed by atoms with Crippen LogP contribution in [-0.4, -0.2) is 20.6 Å². The third kappa shape index (κ3) is 2.63. The van der Waals surface area contributed by atoms with Gasteiger partial charge in [-0.1, -0.05) is 6.07 Å². The van der Waals surface area contributed by atoms with E-state index in [0.717, 1.165) is 11.1 Å². The van der Waals surface area contributed by atoms with Crippen molar-refractivity contribution in [2.45, 2.75) is 13.5 Å². The van der Waals surface area contributed by atoms with Crippen LogP contribution < -0.4 is 5.56 Å². The molecule has 0 saturated heterocycles. The minimum atomic E-state index is -1.05. The first kappa shape index (κ1) is 12.0. The molecule has 92 valence electrons. The van der Waals surface area contributed by atoms with Gasteiger partial charge in [-0.3, -0.25) is 9.78 Å². The molecule has 0 atom stereocenters. The van der Waals surface area contributed by atoms with Crippen LogP contribution in [0.5, 0.6) is 0 Å². The van der Waals surface area contributed by atoms with Gasteiger partial charge in [0.05, 0.1) is 12.1 Å². The molecule has 0 aromatic carbocycles. The second kappa shape index (κ2) is 4.83. The number of hydrogen-bond acceptors (Lipinski definition) is 3. The summed E-state index contributed by atoms with van der Waals surface area (Å²) in [6.45, 7) is 2.22. The molecule has 0 spiro atoms. The number of carboxylic acid groups (broad SMARTS) is 1. The molecule has 0 amide bonds. The van der Waals surface area contributed by atoms with Crippen LogP contribution in [0.1, 0.15) is 21.5 Å². The summed E-state index contributed by atoms with van der Waals surface area (Å²) in [5.74, 6) is -1.05. The van der Waals surface area contributed by atoms with Crippen LogP contribution >= 0.6 is 0 Å². The van der Waals surface area contributed by atoms with Crippen LogP contribution in [-0.2, 0) is 6.54 Å². The first-order valence-corrected chi connectivity index (χ1v) is 5.40. The van der Waals surface area contributed by atoms with E-state index in [1.54, 1.807) is 12.4 Å². The average molecular weight is 244 g/mol. The van der Waals surface area contributed by atoms with Gasteiger partial charge in [0.15, 0.2) is 0 Å². The van der Waals surface area contributed by atoms with E-state index < -0.39 is 5.97 Å². The van der Waals surface area contributed by atoms with E-state index in [1.165, 1.54) is 22.9 Å². The summed E-state index contributed by atoms with van der Waals surface area (Å²) in [5, 5.41) is 8.88. The van der Waals surface area contributed by atoms with Crippen LogP contribution in [0.25, 0.3) is 0 Å². The molecule has 18 heavy (non-hydrogen) atoms. The summed E-state index contributed by atoms with van der Waals surface area (Å²) in [4.78, 5) is 26.5. The fourth-order valence-corrected chi connectivity index (χ4v) is 1.68. The lowest BCUT2D eigenvalue weighted by molar-refractivity contribution is 0.0696. The largest absolute Gasteiger partial charge is 0.478 e. The molecule has 2 rings (SSSR count). The maximum atomic E-state index is 11.6. The minimum Gasteiger partial charge on any atom is -0.478 e. The molecule has 2 heterocycles. The van der Waals surface area contributed by atoms with Crippen LogP contribution in [0.4, 0.5) is 0 Å². The van der Waals surface area contributed by atoms with Crippen molar-refractivity contribution in [1.82, 2.24) is 9.55 Å². The molecule has 0 aliphatic carbocycles. The van der Waals surface area contributed by atoms with Gasteiger partial charge in [-0.15, -0.1) is 0 Å². The lowest BCUT2D eigenvalue weighted by Gasteiger charge is -2.06. The predicted octanol–water partition coefficient (Wildman–Crippen LogP) is 1.30. The molecule has 0 saturated carbocycles. The Bertz CT molecular complexity index is 647. The van der Waals surface area contributed by atoms with Crippen molar-refractivity contribution in [2.24, 2.45) is 0 Å². The Labute approximate surface area is 103 Å². The number of nitrogens with zero attached hydrogens (tertiary/aromatic N) is 2. The maximum absolute atomic E-state index is 11.6. The number of aromatic carboxylic acids is 1. The third-order valence-electron chi connectivity index (χ3n) is 2.51. The molecule has 1 N–H and O–H groups in total. The lowest BCUT2D eigenvalue weighted by Crippen LogP contribution is -2.20. The topological polar surface area (TPSA) is 72.2 Å². The Morgan fingerprint density at radius 2 is 2.17 bits per heavy atom. The van der Waals surface area contributed by atoms with Crippen molar-refractivity contribution in [3.8, 4) is 0 Å². The van der Waals surface area contributed by atoms with Crippen molar-refractivity contribution in [1.29, 1.82) is 0 Å². The number of aromatic nitrogens is 2. The summed E-state index contributed by atoms with van der Waals surface area (Å²) in [6.07, 6.45) is 4.72. The maximum Gasteiger partial charge on any atom is 0.337 e. The van der Waals surface area contributed by atoms with E-state index in [4.69, 9.17) is 5.11 Å². The first-order valence-electron chi connectivity index (χ1n) is 5.40. The summed E-state index contributed by atoms with van der Waals surface area (Å²) in [6, 6.07) is 4.47. The van der Waals surface area contributed by atoms with Gasteiger partial charge in [0, 0.05) is 24.7 Å². The van der Waals surface area contributed by atoms with Crippen LogP contribution in [0.3, 0.4) is 0 Å². The number of hydrogen-bond donors (Lipinski definition) is 1. The Balaban J connectivity index is 2.37. The minimum absolute atomic E-state index is 0.0928. The van der Waals surface area contributed by atoms with Gasteiger partial charge in [-0.05, 0) is 24.1 Å². The van der Waals surface area contributed by atoms with Crippen LogP contribution in [0.15, 0.2) is 41.6 Å². The Kier molecular flexibility index (Phi) is 3.23. The fourth-order valence-electron chi connectivity index (χ4n) is 1.68. The molecule has 2 aromatic heterocycles. The van der Waals surface area contributed by atoms with E-state index in [2.05, 4.69) is 4.98 Å². The first-order chi connectivity index (χ1) is 8.56. The van der Waals surface area contributed by atoms with Gasteiger partial charge in [-0.25, -0.2) is 4.79 Å². The van der Waals surface area contributed by atoms with Gasteiger partial charge >= 0.3 is 5.97 Å². The molecule has 0 aliphatic heterocycles. The van der Waals surface area contributed by atoms with Gasteiger partial charge in [-0.2, -0.15) is 0 Å². The van der Waals surface area contributed by atoms with E-state index in [-0.39, 0.29) is 11.1 Å². The second-order valence-electron chi connectivity index (χ2n) is 4.06. The van der Waals surface area contributed by atoms with E-state index in [1.807, 2.05) is 13.0 Å². The molecule has 0 aliphatic rings. The predicted molar refractivity (Wildman–Crippen MR) is 65.7 cm³/mol. The van der Waals surface area contributed by atoms with Gasteiger partial charge in [0.25, 0.3) is 5.56 Å². The highest BCUT2D eigenvalue weighted by molar-refractivity contribution is 5.87. The van der Waals surface area contributed by atoms with Gasteiger partial charge < -0.3 is 9.67 Å². The fraction of sp³-hybridized carbons (Fsp3) is 0.154. The SMILES string of the molecule is Cc1cncc(Cn2cc(C(=O)O)ccc2=O)c1. The smallest absolute Gasteiger partial charge is 0.337 e. The zero-order chi connectivity index (χ0) is 13.1. The van der Waals surface area contributed by atoms with Crippen molar-refractivity contribution in [3.63, 3.8) is 0 Å². The van der Waals surface area contributed by atoms with Crippen LogP contribution in [0, 0.1) is 6.92 Å². The van der Waals surface area contributed by atoms with Crippen molar-refractivity contribution < 1.29 is 9.90 Å². The van der Waals surface area contributed by atoms with E-state index >= 15 is 0 Å². The van der Waals surface area contributed by atoms with Crippen molar-refractivity contribution in [2.75, 3.05) is 0 Å². The average Bonchev–Trinajstić information content (AvgIpc) is 2.31. The molecular formula is C13H12N2O3. The third-order valence-corrected chi connectivity index (χ3v) is 2.51. The zero-order valence-electron chi connectivity index (χ0n) is 9.83. The second-order valence-corrected chi connectivity index (χ2v) is 4.06. The molecule has 5 nitrogen and oxygen atoms in total. The quantitative estimate of drug-likeness (QED) is 0.883. The highest BCUT2D eigenvalue weighted by Gasteiger charge is 2.05. The number of pyridine rings is 2. The van der Waals surface area contributed by atoms with E-state index in [9.17, 15) is 9.59 Å². The Morgan fingerprint density at radius 1 is 1.39 bits per heavy atom.